The first-order chi connectivity index (χ1) is 9.07. The van der Waals surface area contributed by atoms with Crippen LogP contribution in [0.5, 0.6) is 0 Å². The van der Waals surface area contributed by atoms with E-state index in [0.717, 1.165) is 18.9 Å². The fourth-order valence-corrected chi connectivity index (χ4v) is 3.36. The van der Waals surface area contributed by atoms with Crippen LogP contribution in [0.15, 0.2) is 24.5 Å². The van der Waals surface area contributed by atoms with Crippen molar-refractivity contribution in [3.8, 4) is 0 Å². The van der Waals surface area contributed by atoms with Gasteiger partial charge in [0.2, 0.25) is 0 Å². The highest BCUT2D eigenvalue weighted by atomic mass is 14.9. The maximum absolute atomic E-state index is 4.07. The van der Waals surface area contributed by atoms with Crippen LogP contribution in [0.4, 0.5) is 0 Å². The van der Waals surface area contributed by atoms with Gasteiger partial charge in [0, 0.05) is 18.4 Å². The molecule has 2 unspecified atom stereocenters. The van der Waals surface area contributed by atoms with Crippen molar-refractivity contribution in [3.63, 3.8) is 0 Å². The smallest absolute Gasteiger partial charge is 0.0270 e. The molecule has 0 bridgehead atoms. The predicted molar refractivity (Wildman–Crippen MR) is 81.1 cm³/mol. The second-order valence-corrected chi connectivity index (χ2v) is 6.92. The summed E-state index contributed by atoms with van der Waals surface area (Å²) < 4.78 is 0. The molecule has 19 heavy (non-hydrogen) atoms. The summed E-state index contributed by atoms with van der Waals surface area (Å²) in [4.78, 5) is 4.07. The van der Waals surface area contributed by atoms with Gasteiger partial charge in [-0.1, -0.05) is 33.6 Å². The summed E-state index contributed by atoms with van der Waals surface area (Å²) in [5, 5.41) is 3.81. The Labute approximate surface area is 118 Å². The number of hydrogen-bond acceptors (Lipinski definition) is 2. The Bertz CT molecular complexity index is 367. The zero-order valence-electron chi connectivity index (χ0n) is 12.7. The molecule has 2 rings (SSSR count). The van der Waals surface area contributed by atoms with Crippen molar-refractivity contribution in [2.24, 2.45) is 11.3 Å². The highest BCUT2D eigenvalue weighted by molar-refractivity contribution is 5.09. The Morgan fingerprint density at radius 1 is 1.16 bits per heavy atom. The number of hydrogen-bond donors (Lipinski definition) is 1. The molecule has 106 valence electrons. The van der Waals surface area contributed by atoms with E-state index in [9.17, 15) is 0 Å². The summed E-state index contributed by atoms with van der Waals surface area (Å²) in [6.45, 7) is 8.25. The van der Waals surface area contributed by atoms with Crippen LogP contribution in [-0.4, -0.2) is 17.6 Å². The zero-order valence-corrected chi connectivity index (χ0v) is 12.7. The molecular formula is C17H28N2. The quantitative estimate of drug-likeness (QED) is 0.890. The first-order valence-corrected chi connectivity index (χ1v) is 7.69. The van der Waals surface area contributed by atoms with E-state index in [-0.39, 0.29) is 0 Å². The van der Waals surface area contributed by atoms with Crippen molar-refractivity contribution in [2.45, 2.75) is 58.9 Å². The number of nitrogens with one attached hydrogen (secondary N) is 1. The SMILES string of the molecule is CC(C)(C)C1CCCCC1NCCc1ccncc1. The van der Waals surface area contributed by atoms with Gasteiger partial charge in [-0.15, -0.1) is 0 Å². The van der Waals surface area contributed by atoms with Crippen molar-refractivity contribution in [2.75, 3.05) is 6.54 Å². The van der Waals surface area contributed by atoms with Crippen LogP contribution in [-0.2, 0) is 6.42 Å². The fraction of sp³-hybridized carbons (Fsp3) is 0.706. The summed E-state index contributed by atoms with van der Waals surface area (Å²) in [5.41, 5.74) is 1.81. The summed E-state index contributed by atoms with van der Waals surface area (Å²) in [6, 6.07) is 4.93. The standard InChI is InChI=1S/C17H28N2/c1-17(2,3)15-6-4-5-7-16(15)19-13-10-14-8-11-18-12-9-14/h8-9,11-12,15-16,19H,4-7,10,13H2,1-3H3. The molecule has 1 saturated carbocycles. The maximum atomic E-state index is 4.07. The monoisotopic (exact) mass is 260 g/mol. The third-order valence-electron chi connectivity index (χ3n) is 4.45. The molecule has 2 heteroatoms. The van der Waals surface area contributed by atoms with Crippen LogP contribution in [0.25, 0.3) is 0 Å². The van der Waals surface area contributed by atoms with Gasteiger partial charge in [-0.05, 0) is 54.8 Å². The molecule has 1 aliphatic rings. The van der Waals surface area contributed by atoms with Crippen LogP contribution in [0.1, 0.15) is 52.0 Å². The zero-order chi connectivity index (χ0) is 13.7. The van der Waals surface area contributed by atoms with Crippen molar-refractivity contribution < 1.29 is 0 Å². The topological polar surface area (TPSA) is 24.9 Å². The summed E-state index contributed by atoms with van der Waals surface area (Å²) in [5.74, 6) is 0.818. The number of pyridine rings is 1. The Hall–Kier alpha value is -0.890. The predicted octanol–water partition coefficient (Wildman–Crippen LogP) is 3.82. The van der Waals surface area contributed by atoms with Crippen molar-refractivity contribution in [1.82, 2.24) is 10.3 Å². The van der Waals surface area contributed by atoms with Gasteiger partial charge in [-0.3, -0.25) is 4.98 Å². The van der Waals surface area contributed by atoms with Gasteiger partial charge in [0.15, 0.2) is 0 Å². The Morgan fingerprint density at radius 3 is 2.53 bits per heavy atom. The highest BCUT2D eigenvalue weighted by Crippen LogP contribution is 2.37. The lowest BCUT2D eigenvalue weighted by atomic mass is 9.69. The molecule has 0 saturated heterocycles. The van der Waals surface area contributed by atoms with Crippen LogP contribution in [0.3, 0.4) is 0 Å². The normalized spacial score (nSPS) is 24.4. The molecular weight excluding hydrogens is 232 g/mol. The summed E-state index contributed by atoms with van der Waals surface area (Å²) in [6.07, 6.45) is 10.4. The first-order valence-electron chi connectivity index (χ1n) is 7.69. The third-order valence-corrected chi connectivity index (χ3v) is 4.45. The number of rotatable bonds is 4. The lowest BCUT2D eigenvalue weighted by molar-refractivity contribution is 0.131. The second kappa shape index (κ2) is 6.51. The van der Waals surface area contributed by atoms with E-state index >= 15 is 0 Å². The molecule has 1 heterocycles. The fourth-order valence-electron chi connectivity index (χ4n) is 3.36. The van der Waals surface area contributed by atoms with Crippen molar-refractivity contribution >= 4 is 0 Å². The lowest BCUT2D eigenvalue weighted by Crippen LogP contribution is -2.44. The average Bonchev–Trinajstić information content (AvgIpc) is 2.39. The van der Waals surface area contributed by atoms with E-state index in [2.05, 4.69) is 43.2 Å². The third kappa shape index (κ3) is 4.31. The molecule has 0 radical (unpaired) electrons. The van der Waals surface area contributed by atoms with Gasteiger partial charge in [-0.25, -0.2) is 0 Å². The van der Waals surface area contributed by atoms with E-state index in [4.69, 9.17) is 0 Å². The van der Waals surface area contributed by atoms with Crippen LogP contribution in [0.2, 0.25) is 0 Å². The maximum Gasteiger partial charge on any atom is 0.0270 e. The van der Waals surface area contributed by atoms with Crippen LogP contribution < -0.4 is 5.32 Å². The van der Waals surface area contributed by atoms with Crippen LogP contribution >= 0.6 is 0 Å². The Kier molecular flexibility index (Phi) is 4.98. The Morgan fingerprint density at radius 2 is 1.84 bits per heavy atom. The van der Waals surface area contributed by atoms with E-state index < -0.39 is 0 Å². The van der Waals surface area contributed by atoms with Gasteiger partial charge in [-0.2, -0.15) is 0 Å². The van der Waals surface area contributed by atoms with Gasteiger partial charge in [0.1, 0.15) is 0 Å². The van der Waals surface area contributed by atoms with Gasteiger partial charge in [0.05, 0.1) is 0 Å². The first kappa shape index (κ1) is 14.5. The average molecular weight is 260 g/mol. The van der Waals surface area contributed by atoms with E-state index in [0.29, 0.717) is 11.5 Å². The van der Waals surface area contributed by atoms with E-state index in [1.54, 1.807) is 0 Å². The molecule has 1 aliphatic carbocycles. The highest BCUT2D eigenvalue weighted by Gasteiger charge is 2.33. The lowest BCUT2D eigenvalue weighted by Gasteiger charge is -2.41. The summed E-state index contributed by atoms with van der Waals surface area (Å²) in [7, 11) is 0. The molecule has 1 aromatic rings. The minimum Gasteiger partial charge on any atom is -0.313 e. The van der Waals surface area contributed by atoms with Gasteiger partial charge >= 0.3 is 0 Å². The minimum absolute atomic E-state index is 0.425. The van der Waals surface area contributed by atoms with E-state index in [1.165, 1.54) is 31.2 Å². The Balaban J connectivity index is 1.83. The molecule has 0 amide bonds. The van der Waals surface area contributed by atoms with Gasteiger partial charge < -0.3 is 5.32 Å². The largest absolute Gasteiger partial charge is 0.313 e. The number of aromatic nitrogens is 1. The number of nitrogens with zero attached hydrogens (tertiary/aromatic N) is 1. The molecule has 1 fully saturated rings. The molecule has 0 spiro atoms. The summed E-state index contributed by atoms with van der Waals surface area (Å²) >= 11 is 0. The molecule has 0 aromatic carbocycles. The molecule has 2 atom stereocenters. The molecule has 0 aliphatic heterocycles. The van der Waals surface area contributed by atoms with Crippen molar-refractivity contribution in [3.05, 3.63) is 30.1 Å². The van der Waals surface area contributed by atoms with Gasteiger partial charge in [0.25, 0.3) is 0 Å². The molecule has 2 nitrogen and oxygen atoms in total. The molecule has 1 aromatic heterocycles. The molecule has 1 N–H and O–H groups in total. The minimum atomic E-state index is 0.425. The van der Waals surface area contributed by atoms with E-state index in [1.807, 2.05) is 12.4 Å². The van der Waals surface area contributed by atoms with Crippen molar-refractivity contribution in [1.29, 1.82) is 0 Å². The second-order valence-electron chi connectivity index (χ2n) is 6.92. The van der Waals surface area contributed by atoms with Crippen LogP contribution in [0, 0.1) is 11.3 Å².